The lowest BCUT2D eigenvalue weighted by molar-refractivity contribution is 0.0950. The number of nitrogens with zero attached hydrogens (tertiary/aromatic N) is 3. The van der Waals surface area contributed by atoms with Gasteiger partial charge in [-0.1, -0.05) is 17.7 Å². The quantitative estimate of drug-likeness (QED) is 0.866. The van der Waals surface area contributed by atoms with E-state index in [0.29, 0.717) is 30.5 Å². The highest BCUT2D eigenvalue weighted by Gasteiger charge is 2.16. The molecule has 0 aromatic carbocycles. The van der Waals surface area contributed by atoms with Gasteiger partial charge >= 0.3 is 0 Å². The predicted octanol–water partition coefficient (Wildman–Crippen LogP) is 1.90. The van der Waals surface area contributed by atoms with Gasteiger partial charge in [0.1, 0.15) is 11.0 Å². The van der Waals surface area contributed by atoms with Crippen molar-refractivity contribution >= 4 is 23.3 Å². The molecule has 0 radical (unpaired) electrons. The highest BCUT2D eigenvalue weighted by molar-refractivity contribution is 6.29. The van der Waals surface area contributed by atoms with Gasteiger partial charge in [-0.25, -0.2) is 9.97 Å². The molecule has 0 atom stereocenters. The maximum Gasteiger partial charge on any atom is 0.253 e. The van der Waals surface area contributed by atoms with Crippen LogP contribution in [0.15, 0.2) is 36.7 Å². The Morgan fingerprint density at radius 1 is 1.26 bits per heavy atom. The average molecular weight is 333 g/mol. The molecule has 2 aromatic heterocycles. The van der Waals surface area contributed by atoms with Crippen LogP contribution in [0.3, 0.4) is 0 Å². The zero-order chi connectivity index (χ0) is 16.1. The average Bonchev–Trinajstić information content (AvgIpc) is 2.61. The molecule has 1 saturated heterocycles. The molecular weight excluding hydrogens is 316 g/mol. The Bertz CT molecular complexity index is 672. The molecule has 7 heteroatoms. The maximum absolute atomic E-state index is 12.2. The fourth-order valence-electron chi connectivity index (χ4n) is 2.42. The standard InChI is InChI=1S/C16H17ClN4O2/c17-14-4-3-13(11-19-14)16(22)20-10-12-2-1-5-18-15(12)21-6-8-23-9-7-21/h1-5,11H,6-10H2,(H,20,22). The summed E-state index contributed by atoms with van der Waals surface area (Å²) < 4.78 is 5.37. The van der Waals surface area contributed by atoms with E-state index in [1.165, 1.54) is 6.20 Å². The van der Waals surface area contributed by atoms with Crippen LogP contribution in [0.5, 0.6) is 0 Å². The summed E-state index contributed by atoms with van der Waals surface area (Å²) in [6, 6.07) is 7.09. The van der Waals surface area contributed by atoms with Crippen LogP contribution in [0.4, 0.5) is 5.82 Å². The summed E-state index contributed by atoms with van der Waals surface area (Å²) in [5.74, 6) is 0.705. The number of hydrogen-bond acceptors (Lipinski definition) is 5. The molecule has 1 N–H and O–H groups in total. The highest BCUT2D eigenvalue weighted by atomic mass is 35.5. The first-order valence-electron chi connectivity index (χ1n) is 7.40. The van der Waals surface area contributed by atoms with Gasteiger partial charge in [-0.05, 0) is 18.2 Å². The van der Waals surface area contributed by atoms with E-state index in [1.54, 1.807) is 18.3 Å². The van der Waals surface area contributed by atoms with Gasteiger partial charge in [0, 0.05) is 37.6 Å². The molecule has 1 fully saturated rings. The number of aromatic nitrogens is 2. The number of morpholine rings is 1. The van der Waals surface area contributed by atoms with Crippen LogP contribution < -0.4 is 10.2 Å². The topological polar surface area (TPSA) is 67.4 Å². The van der Waals surface area contributed by atoms with Crippen molar-refractivity contribution in [1.29, 1.82) is 0 Å². The van der Waals surface area contributed by atoms with Gasteiger partial charge < -0.3 is 15.0 Å². The molecule has 3 rings (SSSR count). The Morgan fingerprint density at radius 3 is 2.83 bits per heavy atom. The minimum Gasteiger partial charge on any atom is -0.378 e. The maximum atomic E-state index is 12.2. The molecule has 23 heavy (non-hydrogen) atoms. The first-order valence-corrected chi connectivity index (χ1v) is 7.78. The first kappa shape index (κ1) is 15.7. The molecule has 1 amide bonds. The molecule has 0 spiro atoms. The summed E-state index contributed by atoms with van der Waals surface area (Å²) in [6.07, 6.45) is 3.23. The molecule has 1 aliphatic rings. The van der Waals surface area contributed by atoms with E-state index < -0.39 is 0 Å². The molecule has 2 aromatic rings. The van der Waals surface area contributed by atoms with Gasteiger partial charge in [0.25, 0.3) is 5.91 Å². The molecule has 0 unspecified atom stereocenters. The van der Waals surface area contributed by atoms with E-state index in [2.05, 4.69) is 20.2 Å². The summed E-state index contributed by atoms with van der Waals surface area (Å²) in [7, 11) is 0. The zero-order valence-electron chi connectivity index (χ0n) is 12.5. The number of anilines is 1. The van der Waals surface area contributed by atoms with Gasteiger partial charge in [-0.2, -0.15) is 0 Å². The number of carbonyl (C=O) groups is 1. The van der Waals surface area contributed by atoms with Crippen LogP contribution in [-0.2, 0) is 11.3 Å². The van der Waals surface area contributed by atoms with Crippen molar-refractivity contribution in [3.05, 3.63) is 52.9 Å². The van der Waals surface area contributed by atoms with Gasteiger partial charge in [0.15, 0.2) is 0 Å². The fraction of sp³-hybridized carbons (Fsp3) is 0.312. The number of rotatable bonds is 4. The van der Waals surface area contributed by atoms with Crippen molar-refractivity contribution in [3.63, 3.8) is 0 Å². The van der Waals surface area contributed by atoms with Crippen molar-refractivity contribution in [1.82, 2.24) is 15.3 Å². The monoisotopic (exact) mass is 332 g/mol. The Hall–Kier alpha value is -2.18. The van der Waals surface area contributed by atoms with Gasteiger partial charge in [-0.15, -0.1) is 0 Å². The largest absolute Gasteiger partial charge is 0.378 e. The molecule has 1 aliphatic heterocycles. The summed E-state index contributed by atoms with van der Waals surface area (Å²) in [5, 5.41) is 3.26. The van der Waals surface area contributed by atoms with E-state index >= 15 is 0 Å². The molecule has 120 valence electrons. The second-order valence-corrected chi connectivity index (χ2v) is 5.53. The number of pyridine rings is 2. The lowest BCUT2D eigenvalue weighted by Gasteiger charge is -2.29. The van der Waals surface area contributed by atoms with Crippen molar-refractivity contribution in [2.75, 3.05) is 31.2 Å². The summed E-state index contributed by atoms with van der Waals surface area (Å²) in [6.45, 7) is 3.40. The summed E-state index contributed by atoms with van der Waals surface area (Å²) in [5.41, 5.74) is 1.45. The van der Waals surface area contributed by atoms with E-state index in [0.717, 1.165) is 24.5 Å². The minimum atomic E-state index is -0.189. The number of hydrogen-bond donors (Lipinski definition) is 1. The Kier molecular flexibility index (Phi) is 5.05. The Balaban J connectivity index is 1.68. The minimum absolute atomic E-state index is 0.189. The first-order chi connectivity index (χ1) is 11.2. The second-order valence-electron chi connectivity index (χ2n) is 5.14. The second kappa shape index (κ2) is 7.39. The lowest BCUT2D eigenvalue weighted by Crippen LogP contribution is -2.37. The van der Waals surface area contributed by atoms with Crippen LogP contribution in [0.2, 0.25) is 5.15 Å². The van der Waals surface area contributed by atoms with Crippen molar-refractivity contribution in [2.24, 2.45) is 0 Å². The summed E-state index contributed by atoms with van der Waals surface area (Å²) >= 11 is 5.73. The number of ether oxygens (including phenoxy) is 1. The molecule has 0 bridgehead atoms. The van der Waals surface area contributed by atoms with Gasteiger partial charge in [0.05, 0.1) is 18.8 Å². The molecule has 3 heterocycles. The number of halogens is 1. The number of amides is 1. The Labute approximate surface area is 139 Å². The predicted molar refractivity (Wildman–Crippen MR) is 87.7 cm³/mol. The normalized spacial score (nSPS) is 14.6. The van der Waals surface area contributed by atoms with Crippen LogP contribution in [0.25, 0.3) is 0 Å². The zero-order valence-corrected chi connectivity index (χ0v) is 13.3. The van der Waals surface area contributed by atoms with E-state index in [-0.39, 0.29) is 5.91 Å². The summed E-state index contributed by atoms with van der Waals surface area (Å²) in [4.78, 5) is 22.7. The molecule has 0 aliphatic carbocycles. The highest BCUT2D eigenvalue weighted by Crippen LogP contribution is 2.18. The van der Waals surface area contributed by atoms with Gasteiger partial charge in [-0.3, -0.25) is 4.79 Å². The number of carbonyl (C=O) groups excluding carboxylic acids is 1. The van der Waals surface area contributed by atoms with Crippen LogP contribution in [0.1, 0.15) is 15.9 Å². The van der Waals surface area contributed by atoms with Crippen LogP contribution in [-0.4, -0.2) is 42.2 Å². The third-order valence-corrected chi connectivity index (χ3v) is 3.83. The van der Waals surface area contributed by atoms with Crippen LogP contribution >= 0.6 is 11.6 Å². The van der Waals surface area contributed by atoms with Crippen LogP contribution in [0, 0.1) is 0 Å². The third kappa shape index (κ3) is 3.97. The van der Waals surface area contributed by atoms with E-state index in [1.807, 2.05) is 12.1 Å². The molecular formula is C16H17ClN4O2. The van der Waals surface area contributed by atoms with Gasteiger partial charge in [0.2, 0.25) is 0 Å². The SMILES string of the molecule is O=C(NCc1cccnc1N1CCOCC1)c1ccc(Cl)nc1. The fourth-order valence-corrected chi connectivity index (χ4v) is 2.53. The van der Waals surface area contributed by atoms with Crippen molar-refractivity contribution in [2.45, 2.75) is 6.54 Å². The third-order valence-electron chi connectivity index (χ3n) is 3.61. The number of nitrogens with one attached hydrogen (secondary N) is 1. The Morgan fingerprint density at radius 2 is 2.09 bits per heavy atom. The molecule has 6 nitrogen and oxygen atoms in total. The van der Waals surface area contributed by atoms with E-state index in [9.17, 15) is 4.79 Å². The smallest absolute Gasteiger partial charge is 0.253 e. The van der Waals surface area contributed by atoms with E-state index in [4.69, 9.17) is 16.3 Å². The van der Waals surface area contributed by atoms with Crippen molar-refractivity contribution in [3.8, 4) is 0 Å². The lowest BCUT2D eigenvalue weighted by atomic mass is 10.2. The van der Waals surface area contributed by atoms with Crippen molar-refractivity contribution < 1.29 is 9.53 Å². The molecule has 0 saturated carbocycles.